The summed E-state index contributed by atoms with van der Waals surface area (Å²) >= 11 is 0. The molecule has 1 aromatic carbocycles. The van der Waals surface area contributed by atoms with Crippen LogP contribution in [0.15, 0.2) is 34.9 Å². The Morgan fingerprint density at radius 3 is 2.94 bits per heavy atom. The van der Waals surface area contributed by atoms with Crippen LogP contribution in [0, 0.1) is 6.92 Å². The number of fused-ring (bicyclic) bond motifs is 1. The molecular formula is C13H12N2O2. The first-order chi connectivity index (χ1) is 8.24. The molecule has 2 heterocycles. The van der Waals surface area contributed by atoms with E-state index < -0.39 is 0 Å². The lowest BCUT2D eigenvalue weighted by Crippen LogP contribution is -2.22. The van der Waals surface area contributed by atoms with Gasteiger partial charge in [-0.1, -0.05) is 23.4 Å². The summed E-state index contributed by atoms with van der Waals surface area (Å²) in [4.78, 5) is 13.8. The molecule has 3 rings (SSSR count). The quantitative estimate of drug-likeness (QED) is 0.791. The first-order valence-corrected chi connectivity index (χ1v) is 5.53. The molecule has 1 aliphatic rings. The van der Waals surface area contributed by atoms with Crippen molar-refractivity contribution in [2.75, 3.05) is 0 Å². The van der Waals surface area contributed by atoms with Crippen LogP contribution in [0.5, 0.6) is 0 Å². The smallest absolute Gasteiger partial charge is 0.254 e. The molecule has 0 saturated heterocycles. The fourth-order valence-electron chi connectivity index (χ4n) is 2.12. The highest BCUT2D eigenvalue weighted by molar-refractivity contribution is 5.98. The zero-order valence-corrected chi connectivity index (χ0v) is 9.51. The van der Waals surface area contributed by atoms with Crippen LogP contribution in [0.2, 0.25) is 0 Å². The number of rotatable bonds is 2. The van der Waals surface area contributed by atoms with Crippen LogP contribution < -0.4 is 0 Å². The number of benzene rings is 1. The zero-order chi connectivity index (χ0) is 11.8. The van der Waals surface area contributed by atoms with Crippen molar-refractivity contribution in [3.63, 3.8) is 0 Å². The first-order valence-electron chi connectivity index (χ1n) is 5.53. The average molecular weight is 228 g/mol. The molecule has 4 heteroatoms. The largest absolute Gasteiger partial charge is 0.359 e. The van der Waals surface area contributed by atoms with Gasteiger partial charge in [-0.25, -0.2) is 0 Å². The Bertz CT molecular complexity index is 574. The number of hydrogen-bond acceptors (Lipinski definition) is 3. The molecule has 0 atom stereocenters. The van der Waals surface area contributed by atoms with Crippen molar-refractivity contribution < 1.29 is 9.32 Å². The lowest BCUT2D eigenvalue weighted by Gasteiger charge is -2.12. The van der Waals surface area contributed by atoms with Gasteiger partial charge in [0.1, 0.15) is 0 Å². The molecule has 4 nitrogen and oxygen atoms in total. The lowest BCUT2D eigenvalue weighted by atomic mass is 10.1. The Balaban J connectivity index is 1.82. The summed E-state index contributed by atoms with van der Waals surface area (Å²) in [6.45, 7) is 3.00. The highest BCUT2D eigenvalue weighted by Crippen LogP contribution is 2.24. The first kappa shape index (κ1) is 10.1. The maximum atomic E-state index is 12.1. The second kappa shape index (κ2) is 3.73. The number of nitrogens with zero attached hydrogens (tertiary/aromatic N) is 2. The number of aromatic nitrogens is 1. The van der Waals surface area contributed by atoms with Gasteiger partial charge >= 0.3 is 0 Å². The average Bonchev–Trinajstić information content (AvgIpc) is 2.86. The third-order valence-electron chi connectivity index (χ3n) is 2.92. The maximum absolute atomic E-state index is 12.1. The van der Waals surface area contributed by atoms with Gasteiger partial charge in [0.05, 0.1) is 12.2 Å². The molecule has 0 spiro atoms. The standard InChI is InChI=1S/C13H12N2O2/c1-9-6-11(17-14-9)8-15-7-10-4-2-3-5-12(10)13(15)16/h2-6H,7-8H2,1H3. The maximum Gasteiger partial charge on any atom is 0.254 e. The van der Waals surface area contributed by atoms with Crippen LogP contribution in [-0.2, 0) is 13.1 Å². The van der Waals surface area contributed by atoms with E-state index in [-0.39, 0.29) is 5.91 Å². The van der Waals surface area contributed by atoms with Crippen molar-refractivity contribution in [3.05, 3.63) is 52.9 Å². The second-order valence-electron chi connectivity index (χ2n) is 4.25. The van der Waals surface area contributed by atoms with Gasteiger partial charge in [-0.15, -0.1) is 0 Å². The molecule has 1 amide bonds. The third kappa shape index (κ3) is 1.71. The Kier molecular flexibility index (Phi) is 2.21. The minimum atomic E-state index is 0.0645. The van der Waals surface area contributed by atoms with E-state index in [0.717, 1.165) is 22.6 Å². The summed E-state index contributed by atoms with van der Waals surface area (Å²) in [6.07, 6.45) is 0. The SMILES string of the molecule is Cc1cc(CN2Cc3ccccc3C2=O)on1. The predicted octanol–water partition coefficient (Wildman–Crippen LogP) is 2.14. The minimum absolute atomic E-state index is 0.0645. The topological polar surface area (TPSA) is 46.3 Å². The normalized spacial score (nSPS) is 14.2. The summed E-state index contributed by atoms with van der Waals surface area (Å²) < 4.78 is 5.13. The molecule has 0 unspecified atom stereocenters. The molecule has 0 saturated carbocycles. The summed E-state index contributed by atoms with van der Waals surface area (Å²) in [5, 5.41) is 3.82. The van der Waals surface area contributed by atoms with Gasteiger partial charge in [-0.05, 0) is 18.6 Å². The molecule has 0 aliphatic carbocycles. The van der Waals surface area contributed by atoms with E-state index in [1.54, 1.807) is 4.90 Å². The van der Waals surface area contributed by atoms with E-state index in [2.05, 4.69) is 5.16 Å². The van der Waals surface area contributed by atoms with E-state index >= 15 is 0 Å². The van der Waals surface area contributed by atoms with Crippen LogP contribution >= 0.6 is 0 Å². The highest BCUT2D eigenvalue weighted by Gasteiger charge is 2.27. The number of carbonyl (C=O) groups is 1. The Morgan fingerprint density at radius 1 is 1.41 bits per heavy atom. The fraction of sp³-hybridized carbons (Fsp3) is 0.231. The van der Waals surface area contributed by atoms with Gasteiger partial charge in [-0.3, -0.25) is 4.79 Å². The molecule has 17 heavy (non-hydrogen) atoms. The van der Waals surface area contributed by atoms with Gasteiger partial charge in [0, 0.05) is 18.2 Å². The fourth-order valence-corrected chi connectivity index (χ4v) is 2.12. The highest BCUT2D eigenvalue weighted by atomic mass is 16.5. The molecule has 1 aromatic heterocycles. The van der Waals surface area contributed by atoms with Gasteiger partial charge in [0.15, 0.2) is 5.76 Å². The van der Waals surface area contributed by atoms with Gasteiger partial charge < -0.3 is 9.42 Å². The molecule has 0 bridgehead atoms. The zero-order valence-electron chi connectivity index (χ0n) is 9.51. The van der Waals surface area contributed by atoms with E-state index in [1.165, 1.54) is 0 Å². The van der Waals surface area contributed by atoms with Crippen molar-refractivity contribution in [2.45, 2.75) is 20.0 Å². The van der Waals surface area contributed by atoms with Crippen molar-refractivity contribution in [1.82, 2.24) is 10.1 Å². The van der Waals surface area contributed by atoms with Gasteiger partial charge in [0.2, 0.25) is 0 Å². The van der Waals surface area contributed by atoms with Crippen LogP contribution in [-0.4, -0.2) is 16.0 Å². The summed E-state index contributed by atoms with van der Waals surface area (Å²) in [6, 6.07) is 9.55. The second-order valence-corrected chi connectivity index (χ2v) is 4.25. The van der Waals surface area contributed by atoms with Crippen molar-refractivity contribution in [2.24, 2.45) is 0 Å². The number of carbonyl (C=O) groups excluding carboxylic acids is 1. The molecule has 2 aromatic rings. The minimum Gasteiger partial charge on any atom is -0.359 e. The third-order valence-corrected chi connectivity index (χ3v) is 2.92. The summed E-state index contributed by atoms with van der Waals surface area (Å²) in [5.74, 6) is 0.790. The Morgan fingerprint density at radius 2 is 2.24 bits per heavy atom. The van der Waals surface area contributed by atoms with E-state index in [0.29, 0.717) is 13.1 Å². The van der Waals surface area contributed by atoms with Crippen LogP contribution in [0.1, 0.15) is 27.4 Å². The van der Waals surface area contributed by atoms with Crippen LogP contribution in [0.4, 0.5) is 0 Å². The predicted molar refractivity (Wildman–Crippen MR) is 61.3 cm³/mol. The molecule has 0 N–H and O–H groups in total. The molecule has 0 fully saturated rings. The number of amides is 1. The molecule has 0 radical (unpaired) electrons. The van der Waals surface area contributed by atoms with Gasteiger partial charge in [-0.2, -0.15) is 0 Å². The monoisotopic (exact) mass is 228 g/mol. The lowest BCUT2D eigenvalue weighted by molar-refractivity contribution is 0.0751. The van der Waals surface area contributed by atoms with E-state index in [4.69, 9.17) is 4.52 Å². The van der Waals surface area contributed by atoms with Gasteiger partial charge in [0.25, 0.3) is 5.91 Å². The van der Waals surface area contributed by atoms with Crippen molar-refractivity contribution >= 4 is 5.91 Å². The van der Waals surface area contributed by atoms with E-state index in [9.17, 15) is 4.79 Å². The number of hydrogen-bond donors (Lipinski definition) is 0. The van der Waals surface area contributed by atoms with E-state index in [1.807, 2.05) is 37.3 Å². The molecule has 86 valence electrons. The van der Waals surface area contributed by atoms with Crippen LogP contribution in [0.3, 0.4) is 0 Å². The van der Waals surface area contributed by atoms with Crippen molar-refractivity contribution in [1.29, 1.82) is 0 Å². The Labute approximate surface area is 98.8 Å². The van der Waals surface area contributed by atoms with Crippen LogP contribution in [0.25, 0.3) is 0 Å². The summed E-state index contributed by atoms with van der Waals surface area (Å²) in [7, 11) is 0. The van der Waals surface area contributed by atoms with Crippen molar-refractivity contribution in [3.8, 4) is 0 Å². The Hall–Kier alpha value is -2.10. The molecule has 1 aliphatic heterocycles. The summed E-state index contributed by atoms with van der Waals surface area (Å²) in [5.41, 5.74) is 2.71. The molecular weight excluding hydrogens is 216 g/mol. The number of aryl methyl sites for hydroxylation is 1.